The van der Waals surface area contributed by atoms with Gasteiger partial charge in [-0.05, 0) is 0 Å². The van der Waals surface area contributed by atoms with E-state index in [1.807, 2.05) is 36.4 Å². The van der Waals surface area contributed by atoms with Crippen molar-refractivity contribution in [2.45, 2.75) is 10.9 Å². The molecule has 0 aromatic heterocycles. The summed E-state index contributed by atoms with van der Waals surface area (Å²) in [7, 11) is 7.03. The molecule has 0 heterocycles. The number of rotatable bonds is 4. The van der Waals surface area contributed by atoms with Crippen LogP contribution in [0.15, 0.2) is 60.7 Å². The van der Waals surface area contributed by atoms with E-state index in [1.54, 1.807) is 0 Å². The number of nitriles is 1. The summed E-state index contributed by atoms with van der Waals surface area (Å²) in [4.78, 5) is 0. The van der Waals surface area contributed by atoms with Gasteiger partial charge >= 0.3 is 116 Å². The van der Waals surface area contributed by atoms with Gasteiger partial charge in [0.2, 0.25) is 0 Å². The Morgan fingerprint density at radius 3 is 1.72 bits per heavy atom. The molecule has 0 spiro atoms. The third-order valence-corrected chi connectivity index (χ3v) is 17.0. The van der Waals surface area contributed by atoms with Crippen LogP contribution in [-0.2, 0) is 0 Å². The average molecular weight is 362 g/mol. The molecule has 0 aliphatic heterocycles. The SMILES string of the molecule is N#CC[CH2][Sn]([Cl])([c]1ccccc1)[c]1ccccc1. The van der Waals surface area contributed by atoms with Gasteiger partial charge in [-0.3, -0.25) is 0 Å². The van der Waals surface area contributed by atoms with Crippen molar-refractivity contribution >= 4 is 33.3 Å². The summed E-state index contributed by atoms with van der Waals surface area (Å²) < 4.78 is 3.31. The van der Waals surface area contributed by atoms with Gasteiger partial charge in [-0.1, -0.05) is 0 Å². The van der Waals surface area contributed by atoms with Gasteiger partial charge in [-0.25, -0.2) is 0 Å². The Balaban J connectivity index is 2.45. The first-order chi connectivity index (χ1) is 8.77. The fourth-order valence-corrected chi connectivity index (χ4v) is 12.4. The Labute approximate surface area is 116 Å². The summed E-state index contributed by atoms with van der Waals surface area (Å²) in [6.07, 6.45) is 0.531. The maximum absolute atomic E-state index is 8.85. The summed E-state index contributed by atoms with van der Waals surface area (Å²) in [5.74, 6) is 0. The third-order valence-electron chi connectivity index (χ3n) is 3.04. The number of hydrogen-bond donors (Lipinski definition) is 0. The maximum atomic E-state index is 8.85. The first-order valence-electron chi connectivity index (χ1n) is 5.94. The van der Waals surface area contributed by atoms with Crippen molar-refractivity contribution in [3.63, 3.8) is 0 Å². The predicted octanol–water partition coefficient (Wildman–Crippen LogP) is 2.90. The van der Waals surface area contributed by atoms with Crippen molar-refractivity contribution in [2.24, 2.45) is 0 Å². The summed E-state index contributed by atoms with van der Waals surface area (Å²) in [5, 5.41) is 8.85. The molecule has 0 aliphatic carbocycles. The normalized spacial score (nSPS) is 10.9. The van der Waals surface area contributed by atoms with Gasteiger partial charge in [-0.2, -0.15) is 0 Å². The molecule has 0 saturated carbocycles. The Bertz CT molecular complexity index is 494. The number of nitrogens with zero attached hydrogens (tertiary/aromatic N) is 1. The van der Waals surface area contributed by atoms with Crippen LogP contribution in [0.3, 0.4) is 0 Å². The van der Waals surface area contributed by atoms with Gasteiger partial charge in [0.25, 0.3) is 0 Å². The van der Waals surface area contributed by atoms with E-state index in [-0.39, 0.29) is 0 Å². The van der Waals surface area contributed by atoms with Crippen LogP contribution in [0, 0.1) is 11.3 Å². The Morgan fingerprint density at radius 1 is 0.889 bits per heavy atom. The van der Waals surface area contributed by atoms with Crippen molar-refractivity contribution in [2.75, 3.05) is 0 Å². The Kier molecular flexibility index (Phi) is 4.68. The Hall–Kier alpha value is -0.981. The molecule has 2 rings (SSSR count). The quantitative estimate of drug-likeness (QED) is 0.768. The molecule has 0 saturated heterocycles. The first kappa shape index (κ1) is 13.5. The van der Waals surface area contributed by atoms with Gasteiger partial charge in [0.15, 0.2) is 0 Å². The first-order valence-corrected chi connectivity index (χ1v) is 14.4. The van der Waals surface area contributed by atoms with Crippen LogP contribution in [0.5, 0.6) is 0 Å². The van der Waals surface area contributed by atoms with E-state index in [9.17, 15) is 0 Å². The van der Waals surface area contributed by atoms with Crippen molar-refractivity contribution in [1.29, 1.82) is 5.26 Å². The standard InChI is InChI=1S/2C6H5.C3H4N.ClH.Sn/c2*1-2-4-6-5-3-1;1-2-3-4;;/h2*1-5H;1-2H2;1H;/q;;;;+1/p-1. The predicted molar refractivity (Wildman–Crippen MR) is 78.8 cm³/mol. The summed E-state index contributed by atoms with van der Waals surface area (Å²) in [6, 6.07) is 22.8. The molecule has 0 radical (unpaired) electrons. The van der Waals surface area contributed by atoms with E-state index >= 15 is 0 Å². The summed E-state index contributed by atoms with van der Waals surface area (Å²) >= 11 is -3.12. The molecule has 3 heteroatoms. The molecule has 0 atom stereocenters. The van der Waals surface area contributed by atoms with Gasteiger partial charge in [-0.15, -0.1) is 0 Å². The van der Waals surface area contributed by atoms with Crippen LogP contribution in [0.1, 0.15) is 6.42 Å². The molecule has 0 aliphatic rings. The van der Waals surface area contributed by atoms with Crippen molar-refractivity contribution in [3.05, 3.63) is 60.7 Å². The molecule has 0 N–H and O–H groups in total. The zero-order valence-corrected chi connectivity index (χ0v) is 13.6. The van der Waals surface area contributed by atoms with Crippen molar-refractivity contribution < 1.29 is 0 Å². The zero-order chi connectivity index (χ0) is 12.8. The van der Waals surface area contributed by atoms with Crippen LogP contribution in [0.2, 0.25) is 4.44 Å². The minimum absolute atomic E-state index is 0.531. The number of halogens is 1. The van der Waals surface area contributed by atoms with Crippen LogP contribution < -0.4 is 7.16 Å². The third kappa shape index (κ3) is 2.88. The molecule has 0 unspecified atom stereocenters. The second-order valence-electron chi connectivity index (χ2n) is 4.19. The van der Waals surface area contributed by atoms with Gasteiger partial charge < -0.3 is 0 Å². The second-order valence-corrected chi connectivity index (χ2v) is 17.8. The molecule has 90 valence electrons. The van der Waals surface area contributed by atoms with Crippen molar-refractivity contribution in [1.82, 2.24) is 0 Å². The summed E-state index contributed by atoms with van der Waals surface area (Å²) in [5.41, 5.74) is 0. The van der Waals surface area contributed by atoms with E-state index in [4.69, 9.17) is 14.2 Å². The van der Waals surface area contributed by atoms with E-state index in [1.165, 1.54) is 7.16 Å². The topological polar surface area (TPSA) is 23.8 Å². The Morgan fingerprint density at radius 2 is 1.33 bits per heavy atom. The molecule has 18 heavy (non-hydrogen) atoms. The van der Waals surface area contributed by atoms with Crippen molar-refractivity contribution in [3.8, 4) is 6.07 Å². The number of hydrogen-bond acceptors (Lipinski definition) is 1. The van der Waals surface area contributed by atoms with E-state index in [2.05, 4.69) is 30.3 Å². The van der Waals surface area contributed by atoms with E-state index in [0.717, 1.165) is 4.44 Å². The average Bonchev–Trinajstić information content (AvgIpc) is 2.46. The number of benzene rings is 2. The van der Waals surface area contributed by atoms with E-state index in [0.29, 0.717) is 6.42 Å². The van der Waals surface area contributed by atoms with Crippen LogP contribution in [0.25, 0.3) is 0 Å². The second kappa shape index (κ2) is 6.26. The summed E-state index contributed by atoms with van der Waals surface area (Å²) in [6.45, 7) is 0. The van der Waals surface area contributed by atoms with Crippen LogP contribution in [0.4, 0.5) is 0 Å². The van der Waals surface area contributed by atoms with E-state index < -0.39 is 17.3 Å². The fourth-order valence-electron chi connectivity index (χ4n) is 2.09. The molecule has 0 bridgehead atoms. The van der Waals surface area contributed by atoms with Crippen LogP contribution >= 0.6 is 8.92 Å². The fraction of sp³-hybridized carbons (Fsp3) is 0.133. The monoisotopic (exact) mass is 363 g/mol. The van der Waals surface area contributed by atoms with Gasteiger partial charge in [0, 0.05) is 0 Å². The molecular formula is C15H14ClNSn. The minimum atomic E-state index is -3.12. The van der Waals surface area contributed by atoms with Gasteiger partial charge in [0.05, 0.1) is 0 Å². The van der Waals surface area contributed by atoms with Crippen LogP contribution in [-0.4, -0.2) is 17.3 Å². The molecule has 2 aromatic rings. The zero-order valence-electron chi connectivity index (χ0n) is 10.0. The van der Waals surface area contributed by atoms with Gasteiger partial charge in [0.1, 0.15) is 0 Å². The molecule has 0 amide bonds. The molecule has 1 nitrogen and oxygen atoms in total. The molecular weight excluding hydrogens is 348 g/mol. The molecule has 2 aromatic carbocycles. The molecule has 0 fully saturated rings.